The number of nitrogens with one attached hydrogen (secondary N) is 5. The lowest BCUT2D eigenvalue weighted by Crippen LogP contribution is -2.61. The molecule has 0 unspecified atom stereocenters. The second-order valence-corrected chi connectivity index (χ2v) is 14.6. The molecule has 0 spiro atoms. The number of hydrogen-bond donors (Lipinski definition) is 12. The molecule has 56 heavy (non-hydrogen) atoms. The number of rotatable bonds is 23. The van der Waals surface area contributed by atoms with Gasteiger partial charge in [0.1, 0.15) is 30.2 Å². The second kappa shape index (κ2) is 23.1. The zero-order chi connectivity index (χ0) is 43.0. The van der Waals surface area contributed by atoms with E-state index in [0.717, 1.165) is 11.8 Å². The number of guanidine groups is 1. The van der Waals surface area contributed by atoms with Crippen LogP contribution in [0.3, 0.4) is 0 Å². The van der Waals surface area contributed by atoms with Crippen molar-refractivity contribution in [2.24, 2.45) is 34.0 Å². The fourth-order valence-electron chi connectivity index (χ4n) is 5.74. The number of amides is 6. The van der Waals surface area contributed by atoms with Crippen LogP contribution in [-0.2, 0) is 38.4 Å². The Hall–Kier alpha value is -5.09. The Morgan fingerprint density at radius 3 is 1.79 bits per heavy atom. The number of carboxylic acids is 2. The number of carboxylic acid groups (broad SMARTS) is 2. The van der Waals surface area contributed by atoms with E-state index in [0.29, 0.717) is 6.42 Å². The molecule has 1 aliphatic rings. The van der Waals surface area contributed by atoms with Crippen molar-refractivity contribution in [3.63, 3.8) is 0 Å². The molecule has 6 amide bonds. The Morgan fingerprint density at radius 1 is 0.750 bits per heavy atom. The first-order valence-electron chi connectivity index (χ1n) is 18.4. The molecule has 22 heteroatoms. The van der Waals surface area contributed by atoms with Crippen molar-refractivity contribution in [1.29, 1.82) is 0 Å². The van der Waals surface area contributed by atoms with Gasteiger partial charge in [0.2, 0.25) is 35.4 Å². The number of carbonyl (C=O) groups is 8. The molecule has 0 radical (unpaired) electrons. The molecule has 0 aliphatic carbocycles. The molecule has 1 aliphatic heterocycles. The lowest BCUT2D eigenvalue weighted by molar-refractivity contribution is -0.145. The van der Waals surface area contributed by atoms with Gasteiger partial charge in [0.15, 0.2) is 12.0 Å². The van der Waals surface area contributed by atoms with Crippen molar-refractivity contribution in [1.82, 2.24) is 31.5 Å². The molecule has 0 aromatic carbocycles. The zero-order valence-corrected chi connectivity index (χ0v) is 32.7. The van der Waals surface area contributed by atoms with Crippen LogP contribution in [0.2, 0.25) is 0 Å². The van der Waals surface area contributed by atoms with Crippen molar-refractivity contribution in [3.05, 3.63) is 0 Å². The van der Waals surface area contributed by atoms with Crippen LogP contribution in [0.15, 0.2) is 4.99 Å². The van der Waals surface area contributed by atoms with E-state index in [2.05, 4.69) is 31.6 Å². The molecule has 1 rings (SSSR count). The third kappa shape index (κ3) is 15.9. The lowest BCUT2D eigenvalue weighted by atomic mass is 10.0. The highest BCUT2D eigenvalue weighted by molar-refractivity contribution is 5.98. The Kier molecular flexibility index (Phi) is 20.2. The van der Waals surface area contributed by atoms with Crippen LogP contribution in [0.25, 0.3) is 0 Å². The summed E-state index contributed by atoms with van der Waals surface area (Å²) in [6.45, 7) is 9.30. The first kappa shape index (κ1) is 48.9. The minimum absolute atomic E-state index is 0.00468. The highest BCUT2D eigenvalue weighted by Gasteiger charge is 2.41. The van der Waals surface area contributed by atoms with E-state index in [9.17, 15) is 58.8 Å². The monoisotopic (exact) mass is 800 g/mol. The highest BCUT2D eigenvalue weighted by Crippen LogP contribution is 2.20. The van der Waals surface area contributed by atoms with Gasteiger partial charge in [-0.2, -0.15) is 0 Å². The molecule has 15 N–H and O–H groups in total. The van der Waals surface area contributed by atoms with Crippen molar-refractivity contribution in [3.8, 4) is 0 Å². The number of hydrogen-bond acceptors (Lipinski definition) is 12. The second-order valence-electron chi connectivity index (χ2n) is 14.6. The van der Waals surface area contributed by atoms with Crippen LogP contribution in [0.1, 0.15) is 80.1 Å². The van der Waals surface area contributed by atoms with E-state index < -0.39 is 108 Å². The van der Waals surface area contributed by atoms with Gasteiger partial charge in [-0.25, -0.2) is 4.79 Å². The lowest BCUT2D eigenvalue weighted by Gasteiger charge is -2.31. The minimum atomic E-state index is -1.78. The maximum Gasteiger partial charge on any atom is 0.328 e. The third-order valence-corrected chi connectivity index (χ3v) is 8.88. The summed E-state index contributed by atoms with van der Waals surface area (Å²) in [5.41, 5.74) is 16.7. The van der Waals surface area contributed by atoms with E-state index in [4.69, 9.17) is 17.2 Å². The van der Waals surface area contributed by atoms with E-state index in [1.165, 1.54) is 6.92 Å². The number of nitrogens with zero attached hydrogens (tertiary/aromatic N) is 2. The summed E-state index contributed by atoms with van der Waals surface area (Å²) in [4.78, 5) is 109. The van der Waals surface area contributed by atoms with Crippen molar-refractivity contribution in [2.75, 3.05) is 13.1 Å². The number of aliphatic hydroxyl groups is 2. The summed E-state index contributed by atoms with van der Waals surface area (Å²) in [6, 6.07) is -9.97. The summed E-state index contributed by atoms with van der Waals surface area (Å²) >= 11 is 0. The van der Waals surface area contributed by atoms with Gasteiger partial charge in [0, 0.05) is 13.1 Å². The first-order chi connectivity index (χ1) is 26.0. The average Bonchev–Trinajstić information content (AvgIpc) is 3.58. The summed E-state index contributed by atoms with van der Waals surface area (Å²) in [5.74, 6) is -9.17. The fraction of sp³-hybridized carbons (Fsp3) is 0.735. The number of likely N-dealkylation sites (tertiary alicyclic amines) is 1. The summed E-state index contributed by atoms with van der Waals surface area (Å²) < 4.78 is 0. The quantitative estimate of drug-likeness (QED) is 0.0265. The standard InChI is InChI=1S/C34H60N10O12/c1-15(2)13-20(29(51)43-26(18(6)46)33(55)56)40-27(49)19(9-7-11-38-34(36)37)39-28(50)21(14-23(47)48)41-30(52)22-10-8-12-44(22)32(54)25(17(5)45)42-31(53)24(35)16(3)4/h15-22,24-26,45-46H,7-14,35H2,1-6H3,(H,39,50)(H,40,49)(H,41,52)(H,42,53)(H,43,51)(H,47,48)(H,55,56)(H4,36,37,38)/t17-,18-,19+,20+,21+,22+,24+,25+,26+/m1/s1. The molecular weight excluding hydrogens is 740 g/mol. The molecule has 0 saturated carbocycles. The van der Waals surface area contributed by atoms with Gasteiger partial charge in [-0.3, -0.25) is 38.6 Å². The number of aliphatic imine (C=N–C) groups is 1. The highest BCUT2D eigenvalue weighted by atomic mass is 16.4. The molecule has 0 bridgehead atoms. The Bertz CT molecular complexity index is 1440. The average molecular weight is 801 g/mol. The van der Waals surface area contributed by atoms with Crippen LogP contribution in [-0.4, -0.2) is 146 Å². The molecule has 9 atom stereocenters. The van der Waals surface area contributed by atoms with Crippen molar-refractivity contribution >= 4 is 53.3 Å². The topological polar surface area (TPSA) is 371 Å². The van der Waals surface area contributed by atoms with Gasteiger partial charge in [-0.1, -0.05) is 27.7 Å². The van der Waals surface area contributed by atoms with E-state index in [1.54, 1.807) is 27.7 Å². The molecule has 1 heterocycles. The normalized spacial score (nSPS) is 18.3. The van der Waals surface area contributed by atoms with Gasteiger partial charge >= 0.3 is 11.9 Å². The molecule has 0 aromatic heterocycles. The van der Waals surface area contributed by atoms with Gasteiger partial charge in [0.05, 0.1) is 24.7 Å². The SMILES string of the molecule is CC(C)C[C@H](NC(=O)[C@H](CCCN=C(N)N)NC(=O)[C@H](CC(=O)O)NC(=O)[C@@H]1CCCN1C(=O)[C@@H](NC(=O)[C@@H](N)C(C)C)[C@@H](C)O)C(=O)N[C@H](C(=O)O)[C@@H](C)O. The Labute approximate surface area is 325 Å². The number of carbonyl (C=O) groups excluding carboxylic acids is 6. The summed E-state index contributed by atoms with van der Waals surface area (Å²) in [7, 11) is 0. The van der Waals surface area contributed by atoms with Gasteiger partial charge in [-0.05, 0) is 57.8 Å². The Morgan fingerprint density at radius 2 is 1.29 bits per heavy atom. The first-order valence-corrected chi connectivity index (χ1v) is 18.4. The molecule has 22 nitrogen and oxygen atoms in total. The Balaban J connectivity index is 3.34. The van der Waals surface area contributed by atoms with E-state index >= 15 is 0 Å². The third-order valence-electron chi connectivity index (χ3n) is 8.88. The zero-order valence-electron chi connectivity index (χ0n) is 32.7. The molecule has 318 valence electrons. The van der Waals surface area contributed by atoms with Crippen LogP contribution in [0, 0.1) is 11.8 Å². The van der Waals surface area contributed by atoms with Crippen LogP contribution < -0.4 is 43.8 Å². The maximum atomic E-state index is 13.7. The maximum absolute atomic E-state index is 13.7. The van der Waals surface area contributed by atoms with E-state index in [-0.39, 0.29) is 56.6 Å². The van der Waals surface area contributed by atoms with Crippen LogP contribution in [0.5, 0.6) is 0 Å². The predicted molar refractivity (Wildman–Crippen MR) is 200 cm³/mol. The van der Waals surface area contributed by atoms with Gasteiger partial charge in [-0.15, -0.1) is 0 Å². The number of aliphatic hydroxyl groups excluding tert-OH is 2. The van der Waals surface area contributed by atoms with Crippen molar-refractivity contribution in [2.45, 2.75) is 135 Å². The molecule has 1 fully saturated rings. The summed E-state index contributed by atoms with van der Waals surface area (Å²) in [5, 5.41) is 51.1. The smallest absolute Gasteiger partial charge is 0.328 e. The van der Waals surface area contributed by atoms with Crippen molar-refractivity contribution < 1.29 is 58.8 Å². The number of nitrogens with two attached hydrogens (primary N) is 3. The van der Waals surface area contributed by atoms with E-state index in [1.807, 2.05) is 0 Å². The minimum Gasteiger partial charge on any atom is -0.481 e. The largest absolute Gasteiger partial charge is 0.481 e. The van der Waals surface area contributed by atoms with Gasteiger partial charge < -0.3 is 69.1 Å². The van der Waals surface area contributed by atoms with Crippen LogP contribution >= 0.6 is 0 Å². The van der Waals surface area contributed by atoms with Gasteiger partial charge in [0.25, 0.3) is 0 Å². The predicted octanol–water partition coefficient (Wildman–Crippen LogP) is -4.19. The molecular formula is C34H60N10O12. The number of aliphatic carboxylic acids is 2. The fourth-order valence-corrected chi connectivity index (χ4v) is 5.74. The summed E-state index contributed by atoms with van der Waals surface area (Å²) in [6.07, 6.45) is -3.46. The molecule has 1 saturated heterocycles. The van der Waals surface area contributed by atoms with Crippen LogP contribution in [0.4, 0.5) is 0 Å². The molecule has 0 aromatic rings.